The number of β-amino-alcohol motifs (C(OH)–C–C–N with tert-alkyl or cyclic N) is 1. The zero-order valence-electron chi connectivity index (χ0n) is 13.2. The zero-order chi connectivity index (χ0) is 17.6. The highest BCUT2D eigenvalue weighted by molar-refractivity contribution is 6.31. The van der Waals surface area contributed by atoms with Crippen molar-refractivity contribution in [2.45, 2.75) is 18.6 Å². The van der Waals surface area contributed by atoms with Gasteiger partial charge in [-0.25, -0.2) is 4.39 Å². The van der Waals surface area contributed by atoms with Crippen molar-refractivity contribution >= 4 is 28.4 Å². The van der Waals surface area contributed by atoms with Crippen molar-refractivity contribution in [1.29, 1.82) is 0 Å². The second-order valence-corrected chi connectivity index (χ2v) is 6.77. The molecule has 6 heteroatoms. The highest BCUT2D eigenvalue weighted by Gasteiger charge is 2.36. The Hall–Kier alpha value is -2.37. The van der Waals surface area contributed by atoms with E-state index in [2.05, 4.69) is 4.98 Å². The van der Waals surface area contributed by atoms with Gasteiger partial charge in [-0.2, -0.15) is 0 Å². The number of likely N-dealkylation sites (tertiary alicyclic amines) is 1. The molecule has 4 rings (SSSR count). The Bertz CT molecular complexity index is 956. The number of nitrogens with zero attached hydrogens (tertiary/aromatic N) is 1. The Morgan fingerprint density at radius 2 is 2.08 bits per heavy atom. The molecule has 2 aromatic carbocycles. The number of H-pyrrole nitrogens is 1. The number of halogens is 2. The Morgan fingerprint density at radius 1 is 1.24 bits per heavy atom. The number of carbonyl (C=O) groups excluding carboxylic acids is 1. The normalized spacial score (nSPS) is 20.4. The van der Waals surface area contributed by atoms with Crippen molar-refractivity contribution in [1.82, 2.24) is 9.88 Å². The van der Waals surface area contributed by atoms with Gasteiger partial charge in [-0.3, -0.25) is 4.79 Å². The van der Waals surface area contributed by atoms with E-state index in [0.717, 1.165) is 10.9 Å². The SMILES string of the molecule is O=C(c1cc2ccc(Cl)cc2[nH]1)N1C[C@H](O)C[C@H]1c1cccc(F)c1. The fourth-order valence-corrected chi connectivity index (χ4v) is 3.61. The average Bonchev–Trinajstić information content (AvgIpc) is 3.17. The molecule has 25 heavy (non-hydrogen) atoms. The molecular formula is C19H16ClFN2O2. The van der Waals surface area contributed by atoms with Crippen LogP contribution in [0.3, 0.4) is 0 Å². The number of hydrogen-bond donors (Lipinski definition) is 2. The summed E-state index contributed by atoms with van der Waals surface area (Å²) in [6.07, 6.45) is -0.239. The third-order valence-corrected chi connectivity index (χ3v) is 4.82. The molecule has 1 amide bonds. The minimum atomic E-state index is -0.629. The maximum atomic E-state index is 13.6. The lowest BCUT2D eigenvalue weighted by molar-refractivity contribution is 0.0710. The van der Waals surface area contributed by atoms with Crippen LogP contribution in [0.25, 0.3) is 10.9 Å². The minimum Gasteiger partial charge on any atom is -0.391 e. The van der Waals surface area contributed by atoms with Crippen LogP contribution in [0, 0.1) is 5.82 Å². The maximum absolute atomic E-state index is 13.6. The van der Waals surface area contributed by atoms with Crippen molar-refractivity contribution in [3.05, 3.63) is 70.6 Å². The Balaban J connectivity index is 1.69. The van der Waals surface area contributed by atoms with Gasteiger partial charge in [0, 0.05) is 22.5 Å². The summed E-state index contributed by atoms with van der Waals surface area (Å²) >= 11 is 5.99. The second-order valence-electron chi connectivity index (χ2n) is 6.33. The van der Waals surface area contributed by atoms with Crippen molar-refractivity contribution in [2.24, 2.45) is 0 Å². The average molecular weight is 359 g/mol. The fourth-order valence-electron chi connectivity index (χ4n) is 3.44. The first-order valence-corrected chi connectivity index (χ1v) is 8.42. The first kappa shape index (κ1) is 16.1. The number of hydrogen-bond acceptors (Lipinski definition) is 2. The molecule has 2 N–H and O–H groups in total. The lowest BCUT2D eigenvalue weighted by Crippen LogP contribution is -2.32. The molecule has 1 fully saturated rings. The number of rotatable bonds is 2. The van der Waals surface area contributed by atoms with Gasteiger partial charge in [0.15, 0.2) is 0 Å². The molecule has 0 unspecified atom stereocenters. The minimum absolute atomic E-state index is 0.218. The third kappa shape index (κ3) is 3.01. The van der Waals surface area contributed by atoms with Crippen molar-refractivity contribution in [3.63, 3.8) is 0 Å². The maximum Gasteiger partial charge on any atom is 0.270 e. The number of amides is 1. The summed E-state index contributed by atoms with van der Waals surface area (Å²) < 4.78 is 13.6. The number of carbonyl (C=O) groups is 1. The van der Waals surface area contributed by atoms with E-state index in [4.69, 9.17) is 11.6 Å². The predicted molar refractivity (Wildman–Crippen MR) is 94.1 cm³/mol. The summed E-state index contributed by atoms with van der Waals surface area (Å²) in [7, 11) is 0. The van der Waals surface area contributed by atoms with Gasteiger partial charge in [-0.1, -0.05) is 29.8 Å². The van der Waals surface area contributed by atoms with Gasteiger partial charge in [0.2, 0.25) is 0 Å². The first-order valence-electron chi connectivity index (χ1n) is 8.04. The summed E-state index contributed by atoms with van der Waals surface area (Å²) in [6.45, 7) is 0.218. The van der Waals surface area contributed by atoms with Gasteiger partial charge >= 0.3 is 0 Å². The predicted octanol–water partition coefficient (Wildman–Crippen LogP) is 3.91. The lowest BCUT2D eigenvalue weighted by atomic mass is 10.0. The van der Waals surface area contributed by atoms with Crippen LogP contribution < -0.4 is 0 Å². The van der Waals surface area contributed by atoms with Gasteiger partial charge in [-0.05, 0) is 42.3 Å². The number of aromatic amines is 1. The Labute approximate surface area is 148 Å². The lowest BCUT2D eigenvalue weighted by Gasteiger charge is -2.24. The molecule has 1 aliphatic heterocycles. The largest absolute Gasteiger partial charge is 0.391 e. The van der Waals surface area contributed by atoms with E-state index in [1.165, 1.54) is 12.1 Å². The van der Waals surface area contributed by atoms with E-state index in [0.29, 0.717) is 22.7 Å². The van der Waals surface area contributed by atoms with E-state index < -0.39 is 6.10 Å². The molecule has 0 spiro atoms. The van der Waals surface area contributed by atoms with Crippen molar-refractivity contribution in [2.75, 3.05) is 6.54 Å². The van der Waals surface area contributed by atoms with Crippen LogP contribution in [0.15, 0.2) is 48.5 Å². The monoisotopic (exact) mass is 358 g/mol. The molecule has 0 radical (unpaired) electrons. The zero-order valence-corrected chi connectivity index (χ0v) is 14.0. The summed E-state index contributed by atoms with van der Waals surface area (Å²) in [5.41, 5.74) is 1.88. The topological polar surface area (TPSA) is 56.3 Å². The van der Waals surface area contributed by atoms with E-state index in [9.17, 15) is 14.3 Å². The molecule has 0 saturated carbocycles. The molecular weight excluding hydrogens is 343 g/mol. The molecule has 2 heterocycles. The number of aromatic nitrogens is 1. The van der Waals surface area contributed by atoms with E-state index in [1.807, 2.05) is 6.07 Å². The van der Waals surface area contributed by atoms with Gasteiger partial charge in [-0.15, -0.1) is 0 Å². The quantitative estimate of drug-likeness (QED) is 0.729. The molecule has 0 aliphatic carbocycles. The van der Waals surface area contributed by atoms with Gasteiger partial charge in [0.25, 0.3) is 5.91 Å². The second kappa shape index (κ2) is 6.17. The molecule has 128 valence electrons. The molecule has 1 saturated heterocycles. The Kier molecular flexibility index (Phi) is 3.98. The van der Waals surface area contributed by atoms with E-state index in [1.54, 1.807) is 35.2 Å². The third-order valence-electron chi connectivity index (χ3n) is 4.59. The van der Waals surface area contributed by atoms with Crippen molar-refractivity contribution < 1.29 is 14.3 Å². The van der Waals surface area contributed by atoms with Crippen LogP contribution in [-0.4, -0.2) is 33.5 Å². The fraction of sp³-hybridized carbons (Fsp3) is 0.211. The van der Waals surface area contributed by atoms with Gasteiger partial charge in [0.05, 0.1) is 12.1 Å². The van der Waals surface area contributed by atoms with Crippen LogP contribution >= 0.6 is 11.6 Å². The van der Waals surface area contributed by atoms with Gasteiger partial charge in [0.1, 0.15) is 11.5 Å². The molecule has 1 aliphatic rings. The number of aliphatic hydroxyl groups excluding tert-OH is 1. The smallest absolute Gasteiger partial charge is 0.270 e. The summed E-state index contributed by atoms with van der Waals surface area (Å²) in [4.78, 5) is 17.6. The number of nitrogens with one attached hydrogen (secondary N) is 1. The number of fused-ring (bicyclic) bond motifs is 1. The van der Waals surface area contributed by atoms with E-state index in [-0.39, 0.29) is 24.3 Å². The van der Waals surface area contributed by atoms with Crippen LogP contribution in [0.1, 0.15) is 28.5 Å². The molecule has 3 aromatic rings. The van der Waals surface area contributed by atoms with Crippen LogP contribution in [0.5, 0.6) is 0 Å². The summed E-state index contributed by atoms with van der Waals surface area (Å²) in [5, 5.41) is 11.5. The molecule has 2 atom stereocenters. The van der Waals surface area contributed by atoms with Crippen LogP contribution in [-0.2, 0) is 0 Å². The van der Waals surface area contributed by atoms with Crippen molar-refractivity contribution in [3.8, 4) is 0 Å². The Morgan fingerprint density at radius 3 is 2.88 bits per heavy atom. The molecule has 4 nitrogen and oxygen atoms in total. The standard InChI is InChI=1S/C19H16ClFN2O2/c20-13-5-4-11-7-17(22-16(11)8-13)19(25)23-10-15(24)9-18(23)12-2-1-3-14(21)6-12/h1-8,15,18,22,24H,9-10H2/t15-,18+/m1/s1. The molecule has 1 aromatic heterocycles. The first-order chi connectivity index (χ1) is 12.0. The highest BCUT2D eigenvalue weighted by Crippen LogP contribution is 2.34. The summed E-state index contributed by atoms with van der Waals surface area (Å²) in [6, 6.07) is 12.9. The van der Waals surface area contributed by atoms with Crippen LogP contribution in [0.2, 0.25) is 5.02 Å². The summed E-state index contributed by atoms with van der Waals surface area (Å²) in [5.74, 6) is -0.579. The molecule has 0 bridgehead atoms. The number of benzene rings is 2. The van der Waals surface area contributed by atoms with Gasteiger partial charge < -0.3 is 15.0 Å². The number of aliphatic hydroxyl groups is 1. The highest BCUT2D eigenvalue weighted by atomic mass is 35.5. The van der Waals surface area contributed by atoms with Crippen LogP contribution in [0.4, 0.5) is 4.39 Å². The van der Waals surface area contributed by atoms with E-state index >= 15 is 0 Å².